The molecule has 0 aliphatic carbocycles. The van der Waals surface area contributed by atoms with Crippen molar-refractivity contribution >= 4 is 5.69 Å². The third-order valence-corrected chi connectivity index (χ3v) is 3.59. The molecular weight excluding hydrogens is 241 g/mol. The molecule has 0 bridgehead atoms. The predicted octanol–water partition coefficient (Wildman–Crippen LogP) is 2.08. The molecule has 1 N–H and O–H groups in total. The summed E-state index contributed by atoms with van der Waals surface area (Å²) in [6.07, 6.45) is 0. The zero-order valence-electron chi connectivity index (χ0n) is 12.1. The molecule has 106 valence electrons. The molecule has 4 heteroatoms. The van der Waals surface area contributed by atoms with E-state index in [9.17, 15) is 4.39 Å². The molecule has 2 rings (SSSR count). The normalized spacial score (nSPS) is 17.2. The van der Waals surface area contributed by atoms with Gasteiger partial charge in [-0.25, -0.2) is 4.39 Å². The average Bonchev–Trinajstić information content (AvgIpc) is 2.38. The Labute approximate surface area is 115 Å². The number of halogens is 1. The van der Waals surface area contributed by atoms with Crippen LogP contribution in [-0.2, 0) is 6.54 Å². The van der Waals surface area contributed by atoms with Crippen LogP contribution in [0.15, 0.2) is 18.2 Å². The van der Waals surface area contributed by atoms with Gasteiger partial charge in [0.25, 0.3) is 0 Å². The summed E-state index contributed by atoms with van der Waals surface area (Å²) in [5.41, 5.74) is 2.22. The molecule has 3 nitrogen and oxygen atoms in total. The number of hydrogen-bond acceptors (Lipinski definition) is 3. The zero-order valence-corrected chi connectivity index (χ0v) is 12.1. The van der Waals surface area contributed by atoms with Gasteiger partial charge >= 0.3 is 0 Å². The fourth-order valence-electron chi connectivity index (χ4n) is 2.37. The summed E-state index contributed by atoms with van der Waals surface area (Å²) in [4.78, 5) is 4.68. The Morgan fingerprint density at radius 2 is 1.89 bits per heavy atom. The maximum Gasteiger partial charge on any atom is 0.123 e. The van der Waals surface area contributed by atoms with E-state index in [0.29, 0.717) is 6.04 Å². The van der Waals surface area contributed by atoms with Crippen LogP contribution >= 0.6 is 0 Å². The standard InChI is InChI=1S/C15H24FN3/c1-12(2)17-11-13-10-14(16)4-5-15(13)19-8-6-18(3)7-9-19/h4-5,10,12,17H,6-9,11H2,1-3H3. The topological polar surface area (TPSA) is 18.5 Å². The fraction of sp³-hybridized carbons (Fsp3) is 0.600. The molecule has 0 atom stereocenters. The van der Waals surface area contributed by atoms with Crippen molar-refractivity contribution in [2.24, 2.45) is 0 Å². The van der Waals surface area contributed by atoms with Crippen LogP contribution in [0, 0.1) is 5.82 Å². The quantitative estimate of drug-likeness (QED) is 0.899. The van der Waals surface area contributed by atoms with Crippen LogP contribution in [0.4, 0.5) is 10.1 Å². The number of hydrogen-bond donors (Lipinski definition) is 1. The van der Waals surface area contributed by atoms with E-state index in [1.165, 1.54) is 5.69 Å². The lowest BCUT2D eigenvalue weighted by Gasteiger charge is -2.35. The molecule has 1 fully saturated rings. The van der Waals surface area contributed by atoms with Gasteiger partial charge in [0, 0.05) is 44.5 Å². The second-order valence-corrected chi connectivity index (χ2v) is 5.60. The van der Waals surface area contributed by atoms with E-state index >= 15 is 0 Å². The SMILES string of the molecule is CC(C)NCc1cc(F)ccc1N1CCN(C)CC1. The van der Waals surface area contributed by atoms with Crippen molar-refractivity contribution < 1.29 is 4.39 Å². The van der Waals surface area contributed by atoms with Gasteiger partial charge in [-0.05, 0) is 30.8 Å². The highest BCUT2D eigenvalue weighted by Crippen LogP contribution is 2.23. The Hall–Kier alpha value is -1.13. The van der Waals surface area contributed by atoms with Crippen molar-refractivity contribution in [2.45, 2.75) is 26.4 Å². The molecule has 0 saturated carbocycles. The van der Waals surface area contributed by atoms with Crippen LogP contribution in [0.2, 0.25) is 0 Å². The van der Waals surface area contributed by atoms with E-state index in [0.717, 1.165) is 38.3 Å². The number of nitrogens with zero attached hydrogens (tertiary/aromatic N) is 2. The van der Waals surface area contributed by atoms with E-state index < -0.39 is 0 Å². The van der Waals surface area contributed by atoms with Crippen molar-refractivity contribution in [1.82, 2.24) is 10.2 Å². The van der Waals surface area contributed by atoms with Crippen molar-refractivity contribution in [3.63, 3.8) is 0 Å². The van der Waals surface area contributed by atoms with Crippen LogP contribution < -0.4 is 10.2 Å². The second kappa shape index (κ2) is 6.35. The minimum atomic E-state index is -0.154. The minimum Gasteiger partial charge on any atom is -0.369 e. The molecule has 1 aromatic rings. The van der Waals surface area contributed by atoms with Crippen molar-refractivity contribution in [3.8, 4) is 0 Å². The lowest BCUT2D eigenvalue weighted by atomic mass is 10.1. The fourth-order valence-corrected chi connectivity index (χ4v) is 2.37. The van der Waals surface area contributed by atoms with Gasteiger partial charge in [0.05, 0.1) is 0 Å². The van der Waals surface area contributed by atoms with Gasteiger partial charge in [0.1, 0.15) is 5.82 Å². The van der Waals surface area contributed by atoms with Crippen LogP contribution in [-0.4, -0.2) is 44.2 Å². The Kier molecular flexibility index (Phi) is 4.77. The van der Waals surface area contributed by atoms with Gasteiger partial charge in [0.15, 0.2) is 0 Å². The Morgan fingerprint density at radius 1 is 1.21 bits per heavy atom. The van der Waals surface area contributed by atoms with Gasteiger partial charge in [-0.15, -0.1) is 0 Å². The summed E-state index contributed by atoms with van der Waals surface area (Å²) < 4.78 is 13.4. The first-order valence-corrected chi connectivity index (χ1v) is 7.01. The van der Waals surface area contributed by atoms with Gasteiger partial charge in [0.2, 0.25) is 0 Å². The first-order chi connectivity index (χ1) is 9.06. The number of anilines is 1. The second-order valence-electron chi connectivity index (χ2n) is 5.60. The molecule has 0 amide bonds. The molecule has 1 saturated heterocycles. The molecule has 1 aliphatic rings. The van der Waals surface area contributed by atoms with E-state index in [4.69, 9.17) is 0 Å². The van der Waals surface area contributed by atoms with Gasteiger partial charge < -0.3 is 15.1 Å². The monoisotopic (exact) mass is 265 g/mol. The van der Waals surface area contributed by atoms with Gasteiger partial charge in [-0.2, -0.15) is 0 Å². The highest BCUT2D eigenvalue weighted by Gasteiger charge is 2.17. The molecule has 0 unspecified atom stereocenters. The van der Waals surface area contributed by atoms with Crippen molar-refractivity contribution in [2.75, 3.05) is 38.1 Å². The van der Waals surface area contributed by atoms with Crippen molar-refractivity contribution in [1.29, 1.82) is 0 Å². The van der Waals surface area contributed by atoms with E-state index in [1.807, 2.05) is 6.07 Å². The molecule has 0 spiro atoms. The smallest absolute Gasteiger partial charge is 0.123 e. The molecule has 0 radical (unpaired) electrons. The Bertz CT molecular complexity index is 412. The minimum absolute atomic E-state index is 0.154. The van der Waals surface area contributed by atoms with E-state index in [1.54, 1.807) is 12.1 Å². The van der Waals surface area contributed by atoms with Crippen LogP contribution in [0.1, 0.15) is 19.4 Å². The van der Waals surface area contributed by atoms with Crippen molar-refractivity contribution in [3.05, 3.63) is 29.6 Å². The number of piperazine rings is 1. The summed E-state index contributed by atoms with van der Waals surface area (Å²) >= 11 is 0. The summed E-state index contributed by atoms with van der Waals surface area (Å²) in [5, 5.41) is 3.37. The lowest BCUT2D eigenvalue weighted by molar-refractivity contribution is 0.312. The third kappa shape index (κ3) is 3.91. The molecular formula is C15H24FN3. The van der Waals surface area contributed by atoms with Crippen LogP contribution in [0.5, 0.6) is 0 Å². The molecule has 1 aromatic carbocycles. The maximum absolute atomic E-state index is 13.4. The molecule has 0 aromatic heterocycles. The first kappa shape index (κ1) is 14.3. The molecule has 1 heterocycles. The van der Waals surface area contributed by atoms with Gasteiger partial charge in [-0.3, -0.25) is 0 Å². The predicted molar refractivity (Wildman–Crippen MR) is 78.1 cm³/mol. The summed E-state index contributed by atoms with van der Waals surface area (Å²) in [5.74, 6) is -0.154. The largest absolute Gasteiger partial charge is 0.369 e. The third-order valence-electron chi connectivity index (χ3n) is 3.59. The number of benzene rings is 1. The van der Waals surface area contributed by atoms with E-state index in [-0.39, 0.29) is 5.82 Å². The first-order valence-electron chi connectivity index (χ1n) is 7.01. The number of rotatable bonds is 4. The number of likely N-dealkylation sites (N-methyl/N-ethyl adjacent to an activating group) is 1. The summed E-state index contributed by atoms with van der Waals surface area (Å²) in [6.45, 7) is 9.08. The average molecular weight is 265 g/mol. The summed E-state index contributed by atoms with van der Waals surface area (Å²) in [6, 6.07) is 5.54. The highest BCUT2D eigenvalue weighted by atomic mass is 19.1. The highest BCUT2D eigenvalue weighted by molar-refractivity contribution is 5.54. The van der Waals surface area contributed by atoms with Crippen LogP contribution in [0.3, 0.4) is 0 Å². The van der Waals surface area contributed by atoms with Gasteiger partial charge in [-0.1, -0.05) is 13.8 Å². The lowest BCUT2D eigenvalue weighted by Crippen LogP contribution is -2.45. The summed E-state index contributed by atoms with van der Waals surface area (Å²) in [7, 11) is 2.14. The molecule has 19 heavy (non-hydrogen) atoms. The van der Waals surface area contributed by atoms with Crippen LogP contribution in [0.25, 0.3) is 0 Å². The van der Waals surface area contributed by atoms with E-state index in [2.05, 4.69) is 36.0 Å². The number of nitrogens with one attached hydrogen (secondary N) is 1. The Balaban J connectivity index is 2.14. The molecule has 1 aliphatic heterocycles. The zero-order chi connectivity index (χ0) is 13.8. The maximum atomic E-state index is 13.4. The Morgan fingerprint density at radius 3 is 2.53 bits per heavy atom.